The van der Waals surface area contributed by atoms with Crippen LogP contribution in [0, 0.1) is 0 Å². The van der Waals surface area contributed by atoms with Gasteiger partial charge in [0.15, 0.2) is 17.3 Å². The number of aryl methyl sites for hydroxylation is 1. The van der Waals surface area contributed by atoms with Gasteiger partial charge in [0.2, 0.25) is 0 Å². The molecule has 0 unspecified atom stereocenters. The summed E-state index contributed by atoms with van der Waals surface area (Å²) in [5.41, 5.74) is 8.02. The van der Waals surface area contributed by atoms with Gasteiger partial charge in [-0.25, -0.2) is 19.6 Å². The van der Waals surface area contributed by atoms with Crippen molar-refractivity contribution in [1.82, 2.24) is 24.7 Å². The Hall–Kier alpha value is -2.50. The Kier molecular flexibility index (Phi) is 2.01. The number of fused-ring (bicyclic) bond motifs is 1. The monoisotopic (exact) mass is 226 g/mol. The van der Waals surface area contributed by atoms with E-state index in [1.54, 1.807) is 11.7 Å². The Morgan fingerprint density at radius 3 is 2.47 bits per heavy atom. The normalized spacial score (nSPS) is 10.9. The predicted octanol–water partition coefficient (Wildman–Crippen LogP) is 1.01. The Labute approximate surface area is 97.1 Å². The minimum Gasteiger partial charge on any atom is -0.382 e. The van der Waals surface area contributed by atoms with E-state index in [1.165, 1.54) is 6.33 Å². The van der Waals surface area contributed by atoms with Crippen LogP contribution in [0.4, 0.5) is 5.82 Å². The lowest BCUT2D eigenvalue weighted by Gasteiger charge is -2.04. The van der Waals surface area contributed by atoms with Gasteiger partial charge in [-0.05, 0) is 12.1 Å². The molecule has 0 aliphatic carbocycles. The van der Waals surface area contributed by atoms with Crippen molar-refractivity contribution in [1.29, 1.82) is 0 Å². The molecule has 0 bridgehead atoms. The highest BCUT2D eigenvalue weighted by Gasteiger charge is 2.12. The van der Waals surface area contributed by atoms with Crippen LogP contribution < -0.4 is 5.73 Å². The first kappa shape index (κ1) is 9.71. The summed E-state index contributed by atoms with van der Waals surface area (Å²) in [6.07, 6.45) is 1.46. The van der Waals surface area contributed by atoms with Crippen LogP contribution in [-0.4, -0.2) is 24.7 Å². The van der Waals surface area contributed by atoms with Gasteiger partial charge in [0, 0.05) is 7.05 Å². The third-order valence-electron chi connectivity index (χ3n) is 2.52. The first-order valence-electron chi connectivity index (χ1n) is 5.12. The van der Waals surface area contributed by atoms with Crippen LogP contribution in [0.2, 0.25) is 0 Å². The summed E-state index contributed by atoms with van der Waals surface area (Å²) in [6, 6.07) is 7.58. The zero-order chi connectivity index (χ0) is 11.8. The molecule has 3 aromatic rings. The molecule has 0 saturated carbocycles. The molecular weight excluding hydrogens is 216 g/mol. The lowest BCUT2D eigenvalue weighted by Crippen LogP contribution is -2.03. The summed E-state index contributed by atoms with van der Waals surface area (Å²) >= 11 is 0. The molecule has 0 spiro atoms. The number of para-hydroxylation sites is 2. The molecule has 6 nitrogen and oxygen atoms in total. The Balaban J connectivity index is 2.30. The highest BCUT2D eigenvalue weighted by molar-refractivity contribution is 5.80. The third kappa shape index (κ3) is 1.50. The molecule has 3 rings (SSSR count). The Morgan fingerprint density at radius 1 is 1.12 bits per heavy atom. The van der Waals surface area contributed by atoms with E-state index in [0.717, 1.165) is 11.0 Å². The van der Waals surface area contributed by atoms with Crippen LogP contribution in [0.15, 0.2) is 30.6 Å². The van der Waals surface area contributed by atoms with Gasteiger partial charge in [-0.1, -0.05) is 12.1 Å². The molecule has 0 aliphatic heterocycles. The highest BCUT2D eigenvalue weighted by Crippen LogP contribution is 2.22. The molecule has 84 valence electrons. The van der Waals surface area contributed by atoms with Crippen molar-refractivity contribution in [3.63, 3.8) is 0 Å². The summed E-state index contributed by atoms with van der Waals surface area (Å²) in [7, 11) is 1.79. The number of nitrogens with zero attached hydrogens (tertiary/aromatic N) is 5. The lowest BCUT2D eigenvalue weighted by atomic mass is 10.3. The molecule has 1 aromatic carbocycles. The van der Waals surface area contributed by atoms with E-state index >= 15 is 0 Å². The second-order valence-corrected chi connectivity index (χ2v) is 3.65. The summed E-state index contributed by atoms with van der Waals surface area (Å²) in [4.78, 5) is 12.9. The van der Waals surface area contributed by atoms with E-state index in [1.807, 2.05) is 24.3 Å². The van der Waals surface area contributed by atoms with Gasteiger partial charge in [-0.3, -0.25) is 0 Å². The zero-order valence-corrected chi connectivity index (χ0v) is 9.20. The molecule has 0 saturated heterocycles. The molecule has 0 atom stereocenters. The van der Waals surface area contributed by atoms with Gasteiger partial charge < -0.3 is 5.73 Å². The molecular formula is C11H10N6. The number of hydrogen-bond acceptors (Lipinski definition) is 5. The number of anilines is 1. The maximum atomic E-state index is 5.89. The van der Waals surface area contributed by atoms with Crippen LogP contribution in [0.25, 0.3) is 22.6 Å². The number of nitrogen functional groups attached to an aromatic ring is 1. The quantitative estimate of drug-likeness (QED) is 0.669. The van der Waals surface area contributed by atoms with Crippen LogP contribution in [0.3, 0.4) is 0 Å². The molecule has 2 aromatic heterocycles. The fourth-order valence-electron chi connectivity index (χ4n) is 1.69. The Bertz CT molecular complexity index is 687. The number of hydrogen-bond donors (Lipinski definition) is 1. The number of aromatic nitrogens is 5. The fraction of sp³-hybridized carbons (Fsp3) is 0.0909. The molecule has 2 N–H and O–H groups in total. The summed E-state index contributed by atoms with van der Waals surface area (Å²) in [5.74, 6) is 0.973. The average Bonchev–Trinajstić information content (AvgIpc) is 2.74. The molecule has 0 fully saturated rings. The second kappa shape index (κ2) is 3.51. The number of nitrogens with two attached hydrogens (primary N) is 1. The zero-order valence-electron chi connectivity index (χ0n) is 9.20. The van der Waals surface area contributed by atoms with E-state index in [-0.39, 0.29) is 0 Å². The number of benzene rings is 1. The van der Waals surface area contributed by atoms with E-state index in [9.17, 15) is 0 Å². The van der Waals surface area contributed by atoms with Crippen LogP contribution in [0.1, 0.15) is 0 Å². The third-order valence-corrected chi connectivity index (χ3v) is 2.52. The van der Waals surface area contributed by atoms with Crippen molar-refractivity contribution in [3.8, 4) is 11.5 Å². The van der Waals surface area contributed by atoms with Crippen molar-refractivity contribution >= 4 is 16.9 Å². The molecule has 0 aliphatic rings. The minimum atomic E-state index is 0.361. The number of rotatable bonds is 1. The van der Waals surface area contributed by atoms with Crippen LogP contribution in [-0.2, 0) is 7.05 Å². The summed E-state index contributed by atoms with van der Waals surface area (Å²) in [5, 5.41) is 4.00. The van der Waals surface area contributed by atoms with Gasteiger partial charge in [0.1, 0.15) is 6.33 Å². The first-order chi connectivity index (χ1) is 8.25. The molecule has 2 heterocycles. The highest BCUT2D eigenvalue weighted by atomic mass is 15.3. The molecule has 17 heavy (non-hydrogen) atoms. The SMILES string of the molecule is Cn1ncnc1-c1nc2ccccc2nc1N. The summed E-state index contributed by atoms with van der Waals surface area (Å²) in [6.45, 7) is 0. The summed E-state index contributed by atoms with van der Waals surface area (Å²) < 4.78 is 1.62. The van der Waals surface area contributed by atoms with Crippen molar-refractivity contribution in [2.75, 3.05) is 5.73 Å². The second-order valence-electron chi connectivity index (χ2n) is 3.65. The van der Waals surface area contributed by atoms with Crippen LogP contribution >= 0.6 is 0 Å². The van der Waals surface area contributed by atoms with Crippen LogP contribution in [0.5, 0.6) is 0 Å². The van der Waals surface area contributed by atoms with E-state index < -0.39 is 0 Å². The van der Waals surface area contributed by atoms with E-state index in [4.69, 9.17) is 5.73 Å². The van der Waals surface area contributed by atoms with Gasteiger partial charge >= 0.3 is 0 Å². The van der Waals surface area contributed by atoms with E-state index in [2.05, 4.69) is 20.1 Å². The lowest BCUT2D eigenvalue weighted by molar-refractivity contribution is 0.772. The fourth-order valence-corrected chi connectivity index (χ4v) is 1.69. The smallest absolute Gasteiger partial charge is 0.180 e. The maximum absolute atomic E-state index is 5.89. The van der Waals surface area contributed by atoms with Gasteiger partial charge in [-0.15, -0.1) is 0 Å². The topological polar surface area (TPSA) is 82.5 Å². The Morgan fingerprint density at radius 2 is 1.82 bits per heavy atom. The van der Waals surface area contributed by atoms with Crippen molar-refractivity contribution < 1.29 is 0 Å². The van der Waals surface area contributed by atoms with Crippen molar-refractivity contribution in [2.24, 2.45) is 7.05 Å². The van der Waals surface area contributed by atoms with Gasteiger partial charge in [0.05, 0.1) is 11.0 Å². The van der Waals surface area contributed by atoms with Gasteiger partial charge in [0.25, 0.3) is 0 Å². The van der Waals surface area contributed by atoms with Crippen molar-refractivity contribution in [2.45, 2.75) is 0 Å². The molecule has 0 radical (unpaired) electrons. The minimum absolute atomic E-state index is 0.361. The molecule has 6 heteroatoms. The van der Waals surface area contributed by atoms with Crippen molar-refractivity contribution in [3.05, 3.63) is 30.6 Å². The largest absolute Gasteiger partial charge is 0.382 e. The average molecular weight is 226 g/mol. The van der Waals surface area contributed by atoms with Gasteiger partial charge in [-0.2, -0.15) is 5.10 Å². The predicted molar refractivity (Wildman–Crippen MR) is 63.9 cm³/mol. The first-order valence-corrected chi connectivity index (χ1v) is 5.12. The molecule has 0 amide bonds. The maximum Gasteiger partial charge on any atom is 0.180 e. The standard InChI is InChI=1S/C11H10N6/c1-17-11(13-6-14-17)9-10(12)16-8-5-3-2-4-7(8)15-9/h2-6H,1H3,(H2,12,16). The van der Waals surface area contributed by atoms with E-state index in [0.29, 0.717) is 17.3 Å².